The Balaban J connectivity index is 2.05. The van der Waals surface area contributed by atoms with Crippen molar-refractivity contribution < 1.29 is 4.74 Å². The fraction of sp³-hybridized carbons (Fsp3) is 0.100. The molecule has 0 saturated heterocycles. The molecule has 0 atom stereocenters. The number of hydrogen-bond donors (Lipinski definition) is 0. The highest BCUT2D eigenvalue weighted by Crippen LogP contribution is 2.24. The molecule has 0 aliphatic carbocycles. The summed E-state index contributed by atoms with van der Waals surface area (Å²) in [6.45, 7) is 0.439. The van der Waals surface area contributed by atoms with Crippen molar-refractivity contribution in [3.05, 3.63) is 44.8 Å². The first-order chi connectivity index (χ1) is 7.24. The minimum atomic E-state index is 0.439. The van der Waals surface area contributed by atoms with Crippen LogP contribution in [0.2, 0.25) is 10.0 Å². The van der Waals surface area contributed by atoms with Crippen LogP contribution in [0.1, 0.15) is 5.01 Å². The maximum atomic E-state index is 5.83. The predicted octanol–water partition coefficient (Wildman–Crippen LogP) is 4.03. The lowest BCUT2D eigenvalue weighted by molar-refractivity contribution is 0.305. The molecule has 15 heavy (non-hydrogen) atoms. The summed E-state index contributed by atoms with van der Waals surface area (Å²) in [4.78, 5) is 4.10. The summed E-state index contributed by atoms with van der Waals surface area (Å²) in [6, 6.07) is 5.11. The highest BCUT2D eigenvalue weighted by atomic mass is 35.5. The number of thiazole rings is 1. The van der Waals surface area contributed by atoms with Crippen molar-refractivity contribution in [2.24, 2.45) is 0 Å². The van der Waals surface area contributed by atoms with E-state index in [0.717, 1.165) is 5.01 Å². The monoisotopic (exact) mass is 259 g/mol. The van der Waals surface area contributed by atoms with Crippen LogP contribution < -0.4 is 4.74 Å². The standard InChI is InChI=1S/C10H7Cl2NOS/c11-7-3-8(12)5-9(4-7)14-6-10-13-1-2-15-10/h1-5H,6H2. The maximum Gasteiger partial charge on any atom is 0.140 e. The topological polar surface area (TPSA) is 22.1 Å². The third-order valence-electron chi connectivity index (χ3n) is 1.68. The van der Waals surface area contributed by atoms with Gasteiger partial charge < -0.3 is 4.74 Å². The third-order valence-corrected chi connectivity index (χ3v) is 2.87. The van der Waals surface area contributed by atoms with Gasteiger partial charge in [0.15, 0.2) is 0 Å². The smallest absolute Gasteiger partial charge is 0.140 e. The van der Waals surface area contributed by atoms with Crippen molar-refractivity contribution in [1.82, 2.24) is 4.98 Å². The molecule has 0 amide bonds. The molecule has 0 unspecified atom stereocenters. The number of benzene rings is 1. The van der Waals surface area contributed by atoms with Gasteiger partial charge in [-0.2, -0.15) is 0 Å². The minimum absolute atomic E-state index is 0.439. The van der Waals surface area contributed by atoms with Gasteiger partial charge in [0, 0.05) is 21.6 Å². The molecule has 78 valence electrons. The highest BCUT2D eigenvalue weighted by molar-refractivity contribution is 7.09. The molecule has 0 aliphatic rings. The Hall–Kier alpha value is -0.770. The van der Waals surface area contributed by atoms with E-state index in [2.05, 4.69) is 4.98 Å². The highest BCUT2D eigenvalue weighted by Gasteiger charge is 2.01. The van der Waals surface area contributed by atoms with E-state index in [9.17, 15) is 0 Å². The van der Waals surface area contributed by atoms with E-state index in [4.69, 9.17) is 27.9 Å². The minimum Gasteiger partial charge on any atom is -0.486 e. The van der Waals surface area contributed by atoms with Crippen LogP contribution in [0.3, 0.4) is 0 Å². The van der Waals surface area contributed by atoms with Crippen LogP contribution in [-0.2, 0) is 6.61 Å². The van der Waals surface area contributed by atoms with Gasteiger partial charge in [-0.15, -0.1) is 11.3 Å². The molecule has 5 heteroatoms. The second kappa shape index (κ2) is 4.84. The molecule has 0 fully saturated rings. The van der Waals surface area contributed by atoms with Crippen molar-refractivity contribution in [2.45, 2.75) is 6.61 Å². The Kier molecular flexibility index (Phi) is 3.46. The zero-order chi connectivity index (χ0) is 10.7. The molecule has 0 spiro atoms. The van der Waals surface area contributed by atoms with Crippen molar-refractivity contribution in [3.8, 4) is 5.75 Å². The van der Waals surface area contributed by atoms with E-state index in [1.165, 1.54) is 0 Å². The van der Waals surface area contributed by atoms with Gasteiger partial charge in [-0.25, -0.2) is 4.98 Å². The van der Waals surface area contributed by atoms with Crippen molar-refractivity contribution in [3.63, 3.8) is 0 Å². The van der Waals surface area contributed by atoms with Gasteiger partial charge in [0.25, 0.3) is 0 Å². The Morgan fingerprint density at radius 1 is 1.20 bits per heavy atom. The van der Waals surface area contributed by atoms with Gasteiger partial charge in [0.2, 0.25) is 0 Å². The van der Waals surface area contributed by atoms with E-state index in [-0.39, 0.29) is 0 Å². The summed E-state index contributed by atoms with van der Waals surface area (Å²) in [7, 11) is 0. The Morgan fingerprint density at radius 3 is 2.53 bits per heavy atom. The summed E-state index contributed by atoms with van der Waals surface area (Å²) in [5.41, 5.74) is 0. The summed E-state index contributed by atoms with van der Waals surface area (Å²) in [5.74, 6) is 0.655. The fourth-order valence-corrected chi connectivity index (χ4v) is 2.11. The molecule has 0 radical (unpaired) electrons. The fourth-order valence-electron chi connectivity index (χ4n) is 1.08. The van der Waals surface area contributed by atoms with Gasteiger partial charge in [-0.05, 0) is 18.2 Å². The predicted molar refractivity (Wildman–Crippen MR) is 62.9 cm³/mol. The van der Waals surface area contributed by atoms with Gasteiger partial charge in [0.05, 0.1) is 0 Å². The molecule has 2 rings (SSSR count). The molecule has 0 saturated carbocycles. The molecule has 2 nitrogen and oxygen atoms in total. The number of ether oxygens (including phenoxy) is 1. The van der Waals surface area contributed by atoms with Crippen LogP contribution >= 0.6 is 34.5 Å². The van der Waals surface area contributed by atoms with Gasteiger partial charge >= 0.3 is 0 Å². The third kappa shape index (κ3) is 3.09. The maximum absolute atomic E-state index is 5.83. The van der Waals surface area contributed by atoms with Crippen LogP contribution in [0, 0.1) is 0 Å². The quantitative estimate of drug-likeness (QED) is 0.831. The molecule has 0 bridgehead atoms. The van der Waals surface area contributed by atoms with Gasteiger partial charge in [-0.3, -0.25) is 0 Å². The molecule has 0 N–H and O–H groups in total. The number of aromatic nitrogens is 1. The average molecular weight is 260 g/mol. The van der Waals surface area contributed by atoms with Gasteiger partial charge in [-0.1, -0.05) is 23.2 Å². The molecular weight excluding hydrogens is 253 g/mol. The van der Waals surface area contributed by atoms with Crippen molar-refractivity contribution in [1.29, 1.82) is 0 Å². The van der Waals surface area contributed by atoms with Crippen LogP contribution in [0.4, 0.5) is 0 Å². The zero-order valence-corrected chi connectivity index (χ0v) is 9.94. The molecule has 1 aromatic carbocycles. The van der Waals surface area contributed by atoms with Gasteiger partial charge in [0.1, 0.15) is 17.4 Å². The lowest BCUT2D eigenvalue weighted by atomic mass is 10.3. The average Bonchev–Trinajstić information content (AvgIpc) is 2.65. The molecule has 0 aliphatic heterocycles. The lowest BCUT2D eigenvalue weighted by Crippen LogP contribution is -1.94. The van der Waals surface area contributed by atoms with E-state index in [0.29, 0.717) is 22.4 Å². The number of hydrogen-bond acceptors (Lipinski definition) is 3. The van der Waals surface area contributed by atoms with Crippen molar-refractivity contribution >= 4 is 34.5 Å². The summed E-state index contributed by atoms with van der Waals surface area (Å²) >= 11 is 13.2. The molecule has 2 aromatic rings. The SMILES string of the molecule is Clc1cc(Cl)cc(OCc2nccs2)c1. The number of rotatable bonds is 3. The Labute approximate surface area is 101 Å². The number of halogens is 2. The first-order valence-electron chi connectivity index (χ1n) is 4.21. The van der Waals surface area contributed by atoms with E-state index in [1.807, 2.05) is 5.38 Å². The molecule has 1 heterocycles. The second-order valence-corrected chi connectivity index (χ2v) is 4.67. The zero-order valence-electron chi connectivity index (χ0n) is 7.61. The normalized spacial score (nSPS) is 10.3. The van der Waals surface area contributed by atoms with E-state index in [1.54, 1.807) is 35.7 Å². The number of nitrogens with zero attached hydrogens (tertiary/aromatic N) is 1. The summed E-state index contributed by atoms with van der Waals surface area (Å²) < 4.78 is 5.49. The Morgan fingerprint density at radius 2 is 1.93 bits per heavy atom. The van der Waals surface area contributed by atoms with Crippen LogP contribution in [-0.4, -0.2) is 4.98 Å². The van der Waals surface area contributed by atoms with E-state index < -0.39 is 0 Å². The first-order valence-corrected chi connectivity index (χ1v) is 5.85. The summed E-state index contributed by atoms with van der Waals surface area (Å²) in [5, 5.41) is 3.96. The summed E-state index contributed by atoms with van der Waals surface area (Å²) in [6.07, 6.45) is 1.74. The lowest BCUT2D eigenvalue weighted by Gasteiger charge is -2.04. The Bertz CT molecular complexity index is 424. The first kappa shape index (κ1) is 10.7. The van der Waals surface area contributed by atoms with Crippen molar-refractivity contribution in [2.75, 3.05) is 0 Å². The van der Waals surface area contributed by atoms with E-state index >= 15 is 0 Å². The molecular formula is C10H7Cl2NOS. The second-order valence-electron chi connectivity index (χ2n) is 2.82. The van der Waals surface area contributed by atoms with Crippen LogP contribution in [0.15, 0.2) is 29.8 Å². The molecule has 1 aromatic heterocycles. The van der Waals surface area contributed by atoms with Crippen LogP contribution in [0.25, 0.3) is 0 Å². The van der Waals surface area contributed by atoms with Crippen LogP contribution in [0.5, 0.6) is 5.75 Å². The largest absolute Gasteiger partial charge is 0.486 e.